The van der Waals surface area contributed by atoms with Crippen LogP contribution < -0.4 is 5.48 Å². The SMILES string of the molecule is CC(C)(C)c1ccc(CNO)s1. The second-order valence-electron chi connectivity index (χ2n) is 3.85. The quantitative estimate of drug-likeness (QED) is 0.694. The van der Waals surface area contributed by atoms with E-state index in [4.69, 9.17) is 5.21 Å². The van der Waals surface area contributed by atoms with E-state index < -0.39 is 0 Å². The van der Waals surface area contributed by atoms with Crippen LogP contribution in [0.3, 0.4) is 0 Å². The summed E-state index contributed by atoms with van der Waals surface area (Å²) in [4.78, 5) is 2.52. The fraction of sp³-hybridized carbons (Fsp3) is 0.556. The molecule has 0 bridgehead atoms. The zero-order chi connectivity index (χ0) is 9.19. The van der Waals surface area contributed by atoms with Gasteiger partial charge in [-0.15, -0.1) is 11.3 Å². The van der Waals surface area contributed by atoms with Crippen molar-refractivity contribution in [2.24, 2.45) is 0 Å². The molecule has 0 amide bonds. The molecule has 1 aromatic heterocycles. The van der Waals surface area contributed by atoms with Crippen LogP contribution in [0.4, 0.5) is 0 Å². The number of rotatable bonds is 2. The molecule has 0 aromatic carbocycles. The number of hydroxylamine groups is 1. The van der Waals surface area contributed by atoms with Crippen molar-refractivity contribution in [3.8, 4) is 0 Å². The topological polar surface area (TPSA) is 32.3 Å². The van der Waals surface area contributed by atoms with Gasteiger partial charge in [0.2, 0.25) is 0 Å². The Morgan fingerprint density at radius 3 is 2.50 bits per heavy atom. The van der Waals surface area contributed by atoms with Crippen LogP contribution in [-0.4, -0.2) is 5.21 Å². The molecule has 0 fully saturated rings. The molecule has 0 aliphatic rings. The zero-order valence-corrected chi connectivity index (χ0v) is 8.53. The lowest BCUT2D eigenvalue weighted by Crippen LogP contribution is -2.08. The van der Waals surface area contributed by atoms with Crippen LogP contribution in [0.5, 0.6) is 0 Å². The molecule has 2 nitrogen and oxygen atoms in total. The lowest BCUT2D eigenvalue weighted by molar-refractivity contribution is 0.162. The van der Waals surface area contributed by atoms with Gasteiger partial charge < -0.3 is 5.21 Å². The monoisotopic (exact) mass is 185 g/mol. The molecule has 0 saturated heterocycles. The first kappa shape index (κ1) is 9.71. The third-order valence-electron chi connectivity index (χ3n) is 1.65. The Morgan fingerprint density at radius 1 is 1.42 bits per heavy atom. The lowest BCUT2D eigenvalue weighted by atomic mass is 9.95. The maximum absolute atomic E-state index is 8.49. The molecule has 1 aromatic rings. The molecule has 0 aliphatic heterocycles. The van der Waals surface area contributed by atoms with Crippen LogP contribution in [0.2, 0.25) is 0 Å². The van der Waals surface area contributed by atoms with E-state index in [1.807, 2.05) is 0 Å². The van der Waals surface area contributed by atoms with Crippen molar-refractivity contribution >= 4 is 11.3 Å². The minimum Gasteiger partial charge on any atom is -0.316 e. The highest BCUT2D eigenvalue weighted by Crippen LogP contribution is 2.29. The highest BCUT2D eigenvalue weighted by molar-refractivity contribution is 7.12. The van der Waals surface area contributed by atoms with Crippen LogP contribution in [0, 0.1) is 0 Å². The zero-order valence-electron chi connectivity index (χ0n) is 7.72. The van der Waals surface area contributed by atoms with Crippen molar-refractivity contribution in [3.05, 3.63) is 21.9 Å². The van der Waals surface area contributed by atoms with Gasteiger partial charge in [0.1, 0.15) is 0 Å². The summed E-state index contributed by atoms with van der Waals surface area (Å²) in [7, 11) is 0. The highest BCUT2D eigenvalue weighted by atomic mass is 32.1. The van der Waals surface area contributed by atoms with Gasteiger partial charge in [-0.25, -0.2) is 5.48 Å². The van der Waals surface area contributed by atoms with E-state index >= 15 is 0 Å². The first-order valence-corrected chi connectivity index (χ1v) is 4.82. The third-order valence-corrected chi connectivity index (χ3v) is 3.17. The van der Waals surface area contributed by atoms with E-state index in [1.165, 1.54) is 9.75 Å². The van der Waals surface area contributed by atoms with Gasteiger partial charge in [0.25, 0.3) is 0 Å². The standard InChI is InChI=1S/C9H15NOS/c1-9(2,3)8-5-4-7(12-8)6-10-11/h4-5,10-11H,6H2,1-3H3. The van der Waals surface area contributed by atoms with Crippen LogP contribution in [0.1, 0.15) is 30.5 Å². The Bertz CT molecular complexity index is 249. The average Bonchev–Trinajstić information content (AvgIpc) is 2.35. The van der Waals surface area contributed by atoms with E-state index in [0.717, 1.165) is 0 Å². The third kappa shape index (κ3) is 2.30. The summed E-state index contributed by atoms with van der Waals surface area (Å²) in [6.45, 7) is 7.11. The van der Waals surface area contributed by atoms with Gasteiger partial charge >= 0.3 is 0 Å². The molecular weight excluding hydrogens is 170 g/mol. The van der Waals surface area contributed by atoms with Crippen molar-refractivity contribution < 1.29 is 5.21 Å². The lowest BCUT2D eigenvalue weighted by Gasteiger charge is -2.15. The van der Waals surface area contributed by atoms with Crippen molar-refractivity contribution in [3.63, 3.8) is 0 Å². The first-order chi connectivity index (χ1) is 5.54. The summed E-state index contributed by atoms with van der Waals surface area (Å²) in [6, 6.07) is 4.17. The minimum absolute atomic E-state index is 0.221. The van der Waals surface area contributed by atoms with Gasteiger partial charge in [0.15, 0.2) is 0 Å². The molecular formula is C9H15NOS. The van der Waals surface area contributed by atoms with Gasteiger partial charge in [-0.2, -0.15) is 0 Å². The Balaban J connectivity index is 2.77. The molecule has 2 N–H and O–H groups in total. The average molecular weight is 185 g/mol. The molecule has 0 radical (unpaired) electrons. The summed E-state index contributed by atoms with van der Waals surface area (Å²) in [5.74, 6) is 0. The van der Waals surface area contributed by atoms with Gasteiger partial charge in [-0.05, 0) is 17.5 Å². The highest BCUT2D eigenvalue weighted by Gasteiger charge is 2.15. The summed E-state index contributed by atoms with van der Waals surface area (Å²) in [5.41, 5.74) is 2.38. The van der Waals surface area contributed by atoms with Crippen LogP contribution in [-0.2, 0) is 12.0 Å². The first-order valence-electron chi connectivity index (χ1n) is 4.00. The normalized spacial score (nSPS) is 12.0. The molecule has 0 aliphatic carbocycles. The molecule has 0 atom stereocenters. The molecule has 1 heterocycles. The van der Waals surface area contributed by atoms with Gasteiger partial charge in [0, 0.05) is 9.75 Å². The predicted octanol–water partition coefficient (Wildman–Crippen LogP) is 2.52. The number of hydrogen-bond donors (Lipinski definition) is 2. The fourth-order valence-electron chi connectivity index (χ4n) is 0.954. The molecule has 0 unspecified atom stereocenters. The van der Waals surface area contributed by atoms with E-state index in [2.05, 4.69) is 38.4 Å². The van der Waals surface area contributed by atoms with Crippen molar-refractivity contribution in [1.29, 1.82) is 0 Å². The number of hydrogen-bond acceptors (Lipinski definition) is 3. The fourth-order valence-corrected chi connectivity index (χ4v) is 1.95. The smallest absolute Gasteiger partial charge is 0.0552 e. The summed E-state index contributed by atoms with van der Waals surface area (Å²) in [5, 5.41) is 8.49. The van der Waals surface area contributed by atoms with Crippen LogP contribution in [0.25, 0.3) is 0 Å². The predicted molar refractivity (Wildman–Crippen MR) is 51.6 cm³/mol. The Morgan fingerprint density at radius 2 is 2.08 bits per heavy atom. The van der Waals surface area contributed by atoms with Crippen LogP contribution in [0.15, 0.2) is 12.1 Å². The molecule has 3 heteroatoms. The van der Waals surface area contributed by atoms with Gasteiger partial charge in [0.05, 0.1) is 6.54 Å². The largest absolute Gasteiger partial charge is 0.316 e. The number of nitrogens with one attached hydrogen (secondary N) is 1. The van der Waals surface area contributed by atoms with Crippen molar-refractivity contribution in [1.82, 2.24) is 5.48 Å². The second kappa shape index (κ2) is 3.56. The summed E-state index contributed by atoms with van der Waals surface area (Å²) < 4.78 is 0. The van der Waals surface area contributed by atoms with Gasteiger partial charge in [-0.3, -0.25) is 0 Å². The van der Waals surface area contributed by atoms with Crippen molar-refractivity contribution in [2.75, 3.05) is 0 Å². The molecule has 12 heavy (non-hydrogen) atoms. The van der Waals surface area contributed by atoms with E-state index in [1.54, 1.807) is 11.3 Å². The maximum atomic E-state index is 8.49. The van der Waals surface area contributed by atoms with E-state index in [9.17, 15) is 0 Å². The maximum Gasteiger partial charge on any atom is 0.0552 e. The minimum atomic E-state index is 0.221. The second-order valence-corrected chi connectivity index (χ2v) is 5.02. The van der Waals surface area contributed by atoms with Gasteiger partial charge in [-0.1, -0.05) is 20.8 Å². The summed E-state index contributed by atoms with van der Waals surface area (Å²) >= 11 is 1.74. The summed E-state index contributed by atoms with van der Waals surface area (Å²) in [6.07, 6.45) is 0. The number of thiophene rings is 1. The molecule has 68 valence electrons. The molecule has 1 rings (SSSR count). The Kier molecular flexibility index (Phi) is 2.88. The van der Waals surface area contributed by atoms with E-state index in [0.29, 0.717) is 6.54 Å². The Labute approximate surface area is 77.2 Å². The van der Waals surface area contributed by atoms with Crippen molar-refractivity contribution in [2.45, 2.75) is 32.7 Å². The van der Waals surface area contributed by atoms with Crippen LogP contribution >= 0.6 is 11.3 Å². The Hall–Kier alpha value is -0.380. The molecule has 0 saturated carbocycles. The molecule has 0 spiro atoms. The van der Waals surface area contributed by atoms with E-state index in [-0.39, 0.29) is 5.41 Å².